The normalized spacial score (nSPS) is 18.6. The summed E-state index contributed by atoms with van der Waals surface area (Å²) >= 11 is 4.69. The largest absolute Gasteiger partial charge is 0.369 e. The monoisotopic (exact) mass is 445 g/mol. The number of hydrogen-bond donors (Lipinski definition) is 1. The Morgan fingerprint density at radius 1 is 1.31 bits per heavy atom. The van der Waals surface area contributed by atoms with E-state index in [1.54, 1.807) is 11.3 Å². The number of amides is 1. The second kappa shape index (κ2) is 8.63. The summed E-state index contributed by atoms with van der Waals surface area (Å²) in [7, 11) is 0. The number of carbonyl (C=O) groups excluding carboxylic acids is 1. The molecule has 1 amide bonds. The molecule has 0 aliphatic carbocycles. The molecule has 0 saturated heterocycles. The molecule has 5 nitrogen and oxygen atoms in total. The number of hydrogen-bond acceptors (Lipinski definition) is 7. The summed E-state index contributed by atoms with van der Waals surface area (Å²) in [6.45, 7) is 4.94. The summed E-state index contributed by atoms with van der Waals surface area (Å²) in [5.74, 6) is 0.269. The van der Waals surface area contributed by atoms with E-state index in [4.69, 9.17) is 14.7 Å². The van der Waals surface area contributed by atoms with Crippen molar-refractivity contribution < 1.29 is 9.53 Å². The SMILES string of the molecule is CCC1(C)Cc2c(sc3nc(SC)nc(SCC(=O)Nc4ccccc4)c23)CO1. The lowest BCUT2D eigenvalue weighted by Gasteiger charge is -2.33. The van der Waals surface area contributed by atoms with Crippen molar-refractivity contribution in [3.05, 3.63) is 40.8 Å². The third-order valence-corrected chi connectivity index (χ3v) is 7.73. The molecule has 2 aromatic heterocycles. The van der Waals surface area contributed by atoms with Gasteiger partial charge in [-0.05, 0) is 37.3 Å². The van der Waals surface area contributed by atoms with Crippen molar-refractivity contribution in [1.29, 1.82) is 0 Å². The third kappa shape index (κ3) is 4.45. The smallest absolute Gasteiger partial charge is 0.234 e. The molecule has 8 heteroatoms. The van der Waals surface area contributed by atoms with Crippen LogP contribution in [0, 0.1) is 0 Å². The van der Waals surface area contributed by atoms with Gasteiger partial charge in [-0.15, -0.1) is 11.3 Å². The molecule has 0 bridgehead atoms. The molecule has 3 aromatic rings. The van der Waals surface area contributed by atoms with E-state index in [1.807, 2.05) is 36.6 Å². The minimum absolute atomic E-state index is 0.0375. The van der Waals surface area contributed by atoms with Crippen LogP contribution >= 0.6 is 34.9 Å². The van der Waals surface area contributed by atoms with Gasteiger partial charge in [0.15, 0.2) is 5.16 Å². The number of anilines is 1. The zero-order valence-corrected chi connectivity index (χ0v) is 19.1. The van der Waals surface area contributed by atoms with E-state index in [-0.39, 0.29) is 11.5 Å². The highest BCUT2D eigenvalue weighted by Crippen LogP contribution is 2.43. The quantitative estimate of drug-likeness (QED) is 0.312. The van der Waals surface area contributed by atoms with Crippen LogP contribution in [0.2, 0.25) is 0 Å². The highest BCUT2D eigenvalue weighted by atomic mass is 32.2. The van der Waals surface area contributed by atoms with Crippen LogP contribution in [-0.4, -0.2) is 33.5 Å². The second-order valence-electron chi connectivity index (χ2n) is 7.17. The molecule has 0 radical (unpaired) electrons. The zero-order chi connectivity index (χ0) is 20.4. The first kappa shape index (κ1) is 20.7. The van der Waals surface area contributed by atoms with Crippen LogP contribution in [0.25, 0.3) is 10.2 Å². The second-order valence-corrected chi connectivity index (χ2v) is 9.99. The maximum absolute atomic E-state index is 12.5. The molecule has 29 heavy (non-hydrogen) atoms. The molecule has 0 saturated carbocycles. The molecule has 3 heterocycles. The van der Waals surface area contributed by atoms with Crippen LogP contribution in [0.1, 0.15) is 30.7 Å². The van der Waals surface area contributed by atoms with Crippen molar-refractivity contribution >= 4 is 56.7 Å². The van der Waals surface area contributed by atoms with E-state index in [0.717, 1.165) is 38.9 Å². The molecule has 1 aliphatic rings. The number of thiophene rings is 1. The van der Waals surface area contributed by atoms with Crippen LogP contribution in [0.3, 0.4) is 0 Å². The first-order valence-corrected chi connectivity index (χ1v) is 12.5. The number of aromatic nitrogens is 2. The number of rotatable bonds is 6. The van der Waals surface area contributed by atoms with Crippen LogP contribution in [0.15, 0.2) is 40.5 Å². The Morgan fingerprint density at radius 3 is 2.83 bits per heavy atom. The Morgan fingerprint density at radius 2 is 2.10 bits per heavy atom. The number of fused-ring (bicyclic) bond motifs is 3. The van der Waals surface area contributed by atoms with Gasteiger partial charge in [-0.3, -0.25) is 4.79 Å². The fourth-order valence-electron chi connectivity index (χ4n) is 3.30. The Bertz CT molecular complexity index is 1040. The van der Waals surface area contributed by atoms with Crippen molar-refractivity contribution in [2.75, 3.05) is 17.3 Å². The molecule has 1 N–H and O–H groups in total. The minimum Gasteiger partial charge on any atom is -0.369 e. The Labute approximate surface area is 183 Å². The predicted molar refractivity (Wildman–Crippen MR) is 122 cm³/mol. The Kier molecular flexibility index (Phi) is 6.15. The van der Waals surface area contributed by atoms with Crippen LogP contribution in [0.4, 0.5) is 5.69 Å². The molecule has 1 aromatic carbocycles. The molecule has 0 fully saturated rings. The van der Waals surface area contributed by atoms with Gasteiger partial charge in [0.05, 0.1) is 18.0 Å². The molecule has 0 spiro atoms. The van der Waals surface area contributed by atoms with Crippen LogP contribution < -0.4 is 5.32 Å². The number of nitrogens with zero attached hydrogens (tertiary/aromatic N) is 2. The predicted octanol–water partition coefficient (Wildman–Crippen LogP) is 5.39. The summed E-state index contributed by atoms with van der Waals surface area (Å²) in [4.78, 5) is 24.2. The lowest BCUT2D eigenvalue weighted by molar-refractivity contribution is -0.113. The van der Waals surface area contributed by atoms with Crippen molar-refractivity contribution in [3.8, 4) is 0 Å². The summed E-state index contributed by atoms with van der Waals surface area (Å²) in [6, 6.07) is 9.52. The molecule has 4 rings (SSSR count). The van der Waals surface area contributed by atoms with Gasteiger partial charge in [0.2, 0.25) is 5.91 Å². The average molecular weight is 446 g/mol. The first-order chi connectivity index (χ1) is 14.0. The fourth-order valence-corrected chi connectivity index (χ4v) is 5.80. The highest BCUT2D eigenvalue weighted by Gasteiger charge is 2.33. The van der Waals surface area contributed by atoms with Crippen molar-refractivity contribution in [2.24, 2.45) is 0 Å². The molecular formula is C21H23N3O2S3. The van der Waals surface area contributed by atoms with Gasteiger partial charge in [-0.1, -0.05) is 48.6 Å². The van der Waals surface area contributed by atoms with Gasteiger partial charge in [0.1, 0.15) is 9.86 Å². The number of carbonyl (C=O) groups is 1. The standard InChI is InChI=1S/C21H23N3O2S3/c1-4-21(2)10-14-15(11-26-21)29-19-17(14)18(23-20(24-19)27-3)28-12-16(25)22-13-8-6-5-7-9-13/h5-9H,4,10-12H2,1-3H3,(H,22,25). The number of benzene rings is 1. The molecular weight excluding hydrogens is 422 g/mol. The molecule has 1 unspecified atom stereocenters. The van der Waals surface area contributed by atoms with Gasteiger partial charge >= 0.3 is 0 Å². The van der Waals surface area contributed by atoms with E-state index in [1.165, 1.54) is 34.0 Å². The minimum atomic E-state index is -0.161. The van der Waals surface area contributed by atoms with Gasteiger partial charge in [0, 0.05) is 22.4 Å². The van der Waals surface area contributed by atoms with E-state index in [0.29, 0.717) is 12.4 Å². The van der Waals surface area contributed by atoms with Crippen LogP contribution in [0.5, 0.6) is 0 Å². The van der Waals surface area contributed by atoms with Gasteiger partial charge in [-0.2, -0.15) is 0 Å². The molecule has 1 aliphatic heterocycles. The third-order valence-electron chi connectivity index (χ3n) is 5.11. The number of ether oxygens (including phenoxy) is 1. The van der Waals surface area contributed by atoms with Gasteiger partial charge < -0.3 is 10.1 Å². The molecule has 152 valence electrons. The van der Waals surface area contributed by atoms with E-state index in [9.17, 15) is 4.79 Å². The topological polar surface area (TPSA) is 64.1 Å². The fraction of sp³-hybridized carbons (Fsp3) is 0.381. The Balaban J connectivity index is 1.62. The number of nitrogens with one attached hydrogen (secondary N) is 1. The van der Waals surface area contributed by atoms with E-state index >= 15 is 0 Å². The number of thioether (sulfide) groups is 2. The lowest BCUT2D eigenvalue weighted by Crippen LogP contribution is -2.33. The highest BCUT2D eigenvalue weighted by molar-refractivity contribution is 8.00. The number of para-hydroxylation sites is 1. The lowest BCUT2D eigenvalue weighted by atomic mass is 9.90. The van der Waals surface area contributed by atoms with Crippen molar-refractivity contribution in [3.63, 3.8) is 0 Å². The summed E-state index contributed by atoms with van der Waals surface area (Å²) in [5, 5.41) is 5.67. The van der Waals surface area contributed by atoms with E-state index < -0.39 is 0 Å². The van der Waals surface area contributed by atoms with Crippen molar-refractivity contribution in [2.45, 2.75) is 49.1 Å². The first-order valence-electron chi connectivity index (χ1n) is 9.49. The summed E-state index contributed by atoms with van der Waals surface area (Å²) in [6.07, 6.45) is 3.78. The zero-order valence-electron chi connectivity index (χ0n) is 16.7. The maximum atomic E-state index is 12.5. The average Bonchev–Trinajstić information content (AvgIpc) is 3.10. The van der Waals surface area contributed by atoms with Gasteiger partial charge in [0.25, 0.3) is 0 Å². The summed E-state index contributed by atoms with van der Waals surface area (Å²) in [5.41, 5.74) is 1.94. The van der Waals surface area contributed by atoms with Crippen LogP contribution in [-0.2, 0) is 22.6 Å². The van der Waals surface area contributed by atoms with Crippen molar-refractivity contribution in [1.82, 2.24) is 9.97 Å². The molecule has 1 atom stereocenters. The Hall–Kier alpha value is -1.61. The van der Waals surface area contributed by atoms with E-state index in [2.05, 4.69) is 19.2 Å². The maximum Gasteiger partial charge on any atom is 0.234 e. The van der Waals surface area contributed by atoms with Gasteiger partial charge in [-0.25, -0.2) is 9.97 Å². The summed E-state index contributed by atoms with van der Waals surface area (Å²) < 4.78 is 6.12.